The predicted molar refractivity (Wildman–Crippen MR) is 108 cm³/mol. The number of amides is 1. The summed E-state index contributed by atoms with van der Waals surface area (Å²) in [6.07, 6.45) is 0.598. The number of hydrogen-bond donors (Lipinski definition) is 3. The highest BCUT2D eigenvalue weighted by Crippen LogP contribution is 2.34. The number of anilines is 3. The van der Waals surface area contributed by atoms with Crippen LogP contribution in [0.4, 0.5) is 17.1 Å². The molecule has 1 atom stereocenters. The third-order valence-corrected chi connectivity index (χ3v) is 5.30. The van der Waals surface area contributed by atoms with E-state index in [1.54, 1.807) is 24.3 Å². The lowest BCUT2D eigenvalue weighted by Gasteiger charge is -2.20. The molecule has 1 aliphatic rings. The van der Waals surface area contributed by atoms with Crippen molar-refractivity contribution in [3.8, 4) is 0 Å². The Kier molecular flexibility index (Phi) is 4.64. The van der Waals surface area contributed by atoms with Crippen LogP contribution in [0.5, 0.6) is 0 Å². The SMILES string of the molecule is CC[C@@H](Nc1c(Nc2ccc(Cl)c3c2C(=O)NC3)c(=O)c1=O)c1ccc(Cl)o1. The fourth-order valence-electron chi connectivity index (χ4n) is 3.26. The topological polar surface area (TPSA) is 100 Å². The summed E-state index contributed by atoms with van der Waals surface area (Å²) in [6.45, 7) is 2.22. The van der Waals surface area contributed by atoms with E-state index in [4.69, 9.17) is 27.6 Å². The summed E-state index contributed by atoms with van der Waals surface area (Å²) < 4.78 is 5.41. The standard InChI is InChI=1S/C19H15Cl2N3O4/c1-2-10(12-5-6-13(21)28-12)23-15-16(18(26)17(15)25)24-11-4-3-9(20)8-7-22-19(27)14(8)11/h3-6,10,23-24H,2,7H2,1H3,(H,22,27)/t10-/m1/s1. The zero-order valence-electron chi connectivity index (χ0n) is 14.7. The molecule has 3 N–H and O–H groups in total. The second kappa shape index (κ2) is 7.00. The first-order chi connectivity index (χ1) is 13.4. The maximum Gasteiger partial charge on any atom is 0.254 e. The van der Waals surface area contributed by atoms with Crippen LogP contribution in [-0.2, 0) is 6.54 Å². The molecule has 0 fully saturated rings. The molecule has 4 rings (SSSR count). The molecule has 0 unspecified atom stereocenters. The Bertz CT molecular complexity index is 1160. The van der Waals surface area contributed by atoms with E-state index in [1.807, 2.05) is 6.92 Å². The summed E-state index contributed by atoms with van der Waals surface area (Å²) in [5, 5.41) is 9.36. The van der Waals surface area contributed by atoms with E-state index < -0.39 is 10.9 Å². The molecule has 1 amide bonds. The molecule has 28 heavy (non-hydrogen) atoms. The van der Waals surface area contributed by atoms with Gasteiger partial charge in [-0.1, -0.05) is 18.5 Å². The minimum Gasteiger partial charge on any atom is -0.448 e. The van der Waals surface area contributed by atoms with E-state index in [9.17, 15) is 14.4 Å². The molecule has 0 saturated heterocycles. The van der Waals surface area contributed by atoms with Gasteiger partial charge in [0, 0.05) is 17.1 Å². The van der Waals surface area contributed by atoms with E-state index in [0.717, 1.165) is 0 Å². The monoisotopic (exact) mass is 419 g/mol. The Hall–Kier alpha value is -2.77. The highest BCUT2D eigenvalue weighted by Gasteiger charge is 2.29. The quantitative estimate of drug-likeness (QED) is 0.526. The summed E-state index contributed by atoms with van der Waals surface area (Å²) in [7, 11) is 0. The average Bonchev–Trinajstić information content (AvgIpc) is 3.29. The van der Waals surface area contributed by atoms with Crippen LogP contribution in [-0.4, -0.2) is 5.91 Å². The molecule has 3 aromatic rings. The van der Waals surface area contributed by atoms with Crippen LogP contribution in [0.2, 0.25) is 10.2 Å². The van der Waals surface area contributed by atoms with Crippen LogP contribution in [0.3, 0.4) is 0 Å². The van der Waals surface area contributed by atoms with Crippen molar-refractivity contribution >= 4 is 46.2 Å². The second-order valence-corrected chi connectivity index (χ2v) is 7.19. The molecule has 0 saturated carbocycles. The fraction of sp³-hybridized carbons (Fsp3) is 0.211. The van der Waals surface area contributed by atoms with Crippen LogP contribution < -0.4 is 26.8 Å². The van der Waals surface area contributed by atoms with Gasteiger partial charge in [0.1, 0.15) is 17.1 Å². The molecule has 2 heterocycles. The van der Waals surface area contributed by atoms with Crippen molar-refractivity contribution in [2.75, 3.05) is 10.6 Å². The molecule has 0 bridgehead atoms. The molecule has 2 aromatic carbocycles. The molecular formula is C19H15Cl2N3O4. The zero-order chi connectivity index (χ0) is 20.0. The van der Waals surface area contributed by atoms with Crippen molar-refractivity contribution < 1.29 is 9.21 Å². The van der Waals surface area contributed by atoms with Crippen LogP contribution in [0, 0.1) is 0 Å². The number of nitrogens with one attached hydrogen (secondary N) is 3. The number of furan rings is 1. The Labute approximate surface area is 169 Å². The summed E-state index contributed by atoms with van der Waals surface area (Å²) in [4.78, 5) is 36.4. The van der Waals surface area contributed by atoms with Gasteiger partial charge >= 0.3 is 0 Å². The van der Waals surface area contributed by atoms with E-state index in [-0.39, 0.29) is 28.5 Å². The summed E-state index contributed by atoms with van der Waals surface area (Å²) in [6, 6.07) is 6.23. The molecule has 7 nitrogen and oxygen atoms in total. The maximum absolute atomic E-state index is 12.2. The van der Waals surface area contributed by atoms with Crippen LogP contribution in [0.25, 0.3) is 0 Å². The molecule has 9 heteroatoms. The number of carbonyl (C=O) groups excluding carboxylic acids is 1. The summed E-state index contributed by atoms with van der Waals surface area (Å²) >= 11 is 12.0. The first-order valence-corrected chi connectivity index (χ1v) is 9.38. The molecule has 0 radical (unpaired) electrons. The van der Waals surface area contributed by atoms with Crippen molar-refractivity contribution in [3.63, 3.8) is 0 Å². The van der Waals surface area contributed by atoms with Crippen molar-refractivity contribution in [2.45, 2.75) is 25.9 Å². The molecule has 144 valence electrons. The largest absolute Gasteiger partial charge is 0.448 e. The molecule has 1 aliphatic heterocycles. The van der Waals surface area contributed by atoms with E-state index >= 15 is 0 Å². The van der Waals surface area contributed by atoms with Gasteiger partial charge in [-0.2, -0.15) is 0 Å². The lowest BCUT2D eigenvalue weighted by atomic mass is 10.1. The molecule has 0 spiro atoms. The number of benzene rings is 1. The first-order valence-electron chi connectivity index (χ1n) is 8.62. The van der Waals surface area contributed by atoms with Crippen LogP contribution in [0.15, 0.2) is 38.3 Å². The molecular weight excluding hydrogens is 405 g/mol. The van der Waals surface area contributed by atoms with E-state index in [1.165, 1.54) is 0 Å². The predicted octanol–water partition coefficient (Wildman–Crippen LogP) is 3.73. The number of halogens is 2. The number of hydrogen-bond acceptors (Lipinski definition) is 6. The van der Waals surface area contributed by atoms with Crippen molar-refractivity contribution in [3.05, 3.63) is 71.8 Å². The number of carbonyl (C=O) groups is 1. The third-order valence-electron chi connectivity index (χ3n) is 4.74. The van der Waals surface area contributed by atoms with Gasteiger partial charge in [-0.15, -0.1) is 0 Å². The van der Waals surface area contributed by atoms with Crippen molar-refractivity contribution in [1.29, 1.82) is 0 Å². The minimum absolute atomic E-state index is 0.102. The van der Waals surface area contributed by atoms with Gasteiger partial charge in [-0.25, -0.2) is 0 Å². The highest BCUT2D eigenvalue weighted by atomic mass is 35.5. The minimum atomic E-state index is -0.656. The molecule has 1 aromatic heterocycles. The van der Waals surface area contributed by atoms with Gasteiger partial charge in [0.25, 0.3) is 16.8 Å². The Morgan fingerprint density at radius 1 is 1.11 bits per heavy atom. The van der Waals surface area contributed by atoms with Gasteiger partial charge in [0.2, 0.25) is 0 Å². The van der Waals surface area contributed by atoms with Gasteiger partial charge in [0.05, 0.1) is 17.3 Å². The van der Waals surface area contributed by atoms with Gasteiger partial charge < -0.3 is 20.4 Å². The summed E-state index contributed by atoms with van der Waals surface area (Å²) in [5.74, 6) is 0.267. The lowest BCUT2D eigenvalue weighted by molar-refractivity contribution is 0.0966. The van der Waals surface area contributed by atoms with Crippen molar-refractivity contribution in [2.24, 2.45) is 0 Å². The van der Waals surface area contributed by atoms with Crippen molar-refractivity contribution in [1.82, 2.24) is 5.32 Å². The maximum atomic E-state index is 12.2. The second-order valence-electron chi connectivity index (χ2n) is 6.41. The Morgan fingerprint density at radius 3 is 2.54 bits per heavy atom. The fourth-order valence-corrected chi connectivity index (χ4v) is 3.64. The normalized spacial score (nSPS) is 14.0. The lowest BCUT2D eigenvalue weighted by Crippen LogP contribution is -2.37. The number of rotatable bonds is 6. The number of fused-ring (bicyclic) bond motifs is 1. The highest BCUT2D eigenvalue weighted by molar-refractivity contribution is 6.32. The third kappa shape index (κ3) is 2.96. The Morgan fingerprint density at radius 2 is 1.86 bits per heavy atom. The van der Waals surface area contributed by atoms with Gasteiger partial charge in [-0.3, -0.25) is 14.4 Å². The van der Waals surface area contributed by atoms with Gasteiger partial charge in [0.15, 0.2) is 5.22 Å². The molecule has 0 aliphatic carbocycles. The smallest absolute Gasteiger partial charge is 0.254 e. The first kappa shape index (κ1) is 18.6. The van der Waals surface area contributed by atoms with Crippen LogP contribution >= 0.6 is 23.2 Å². The zero-order valence-corrected chi connectivity index (χ0v) is 16.2. The van der Waals surface area contributed by atoms with Crippen LogP contribution in [0.1, 0.15) is 41.1 Å². The summed E-state index contributed by atoms with van der Waals surface area (Å²) in [5.41, 5.74) is 0.402. The van der Waals surface area contributed by atoms with E-state index in [2.05, 4.69) is 16.0 Å². The Balaban J connectivity index is 1.66. The van der Waals surface area contributed by atoms with E-state index in [0.29, 0.717) is 40.6 Å². The average molecular weight is 420 g/mol. The van der Waals surface area contributed by atoms with Gasteiger partial charge in [-0.05, 0) is 42.3 Å².